The van der Waals surface area contributed by atoms with Crippen LogP contribution in [0.4, 0.5) is 0 Å². The molecule has 8 nitrogen and oxygen atoms in total. The molecule has 1 aliphatic rings. The summed E-state index contributed by atoms with van der Waals surface area (Å²) in [5.41, 5.74) is 3.83. The molecule has 0 amide bonds. The van der Waals surface area contributed by atoms with E-state index in [1.54, 1.807) is 0 Å². The summed E-state index contributed by atoms with van der Waals surface area (Å²) in [5.74, 6) is 0.812. The summed E-state index contributed by atoms with van der Waals surface area (Å²) in [6.45, 7) is 6.77. The van der Waals surface area contributed by atoms with Crippen molar-refractivity contribution in [1.29, 1.82) is 0 Å². The molecule has 1 fully saturated rings. The fraction of sp³-hybridized carbons (Fsp3) is 0.407. The van der Waals surface area contributed by atoms with Crippen LogP contribution in [0.2, 0.25) is 0 Å². The van der Waals surface area contributed by atoms with Crippen molar-refractivity contribution in [3.8, 4) is 0 Å². The molecule has 0 spiro atoms. The lowest BCUT2D eigenvalue weighted by Gasteiger charge is -2.30. The minimum absolute atomic E-state index is 0.0558. The van der Waals surface area contributed by atoms with Gasteiger partial charge in [0.2, 0.25) is 0 Å². The molecule has 182 valence electrons. The molecule has 0 unspecified atom stereocenters. The van der Waals surface area contributed by atoms with E-state index in [2.05, 4.69) is 56.6 Å². The van der Waals surface area contributed by atoms with Gasteiger partial charge in [0.1, 0.15) is 0 Å². The molecule has 8 heteroatoms. The van der Waals surface area contributed by atoms with E-state index in [0.717, 1.165) is 53.7 Å². The summed E-state index contributed by atoms with van der Waals surface area (Å²) in [6.07, 6.45) is 3.05. The van der Waals surface area contributed by atoms with Crippen LogP contribution in [0.1, 0.15) is 54.7 Å². The van der Waals surface area contributed by atoms with Gasteiger partial charge in [0.05, 0.1) is 18.7 Å². The first-order chi connectivity index (χ1) is 17.1. The molecule has 1 aliphatic heterocycles. The van der Waals surface area contributed by atoms with Crippen molar-refractivity contribution in [2.24, 2.45) is 0 Å². The lowest BCUT2D eigenvalue weighted by molar-refractivity contribution is 0.0888. The zero-order valence-electron chi connectivity index (χ0n) is 20.4. The molecule has 0 bridgehead atoms. The maximum atomic E-state index is 13.1. The molecule has 1 saturated heterocycles. The molecule has 35 heavy (non-hydrogen) atoms. The van der Waals surface area contributed by atoms with Crippen LogP contribution >= 0.6 is 0 Å². The topological polar surface area (TPSA) is 88.9 Å². The number of aromatic nitrogens is 5. The first-order valence-electron chi connectivity index (χ1n) is 12.4. The van der Waals surface area contributed by atoms with Crippen LogP contribution in [-0.2, 0) is 24.4 Å². The van der Waals surface area contributed by atoms with Gasteiger partial charge >= 0.3 is 0 Å². The fourth-order valence-electron chi connectivity index (χ4n) is 4.96. The molecule has 1 N–H and O–H groups in total. The largest absolute Gasteiger partial charge is 0.376 e. The maximum absolute atomic E-state index is 13.1. The third-order valence-corrected chi connectivity index (χ3v) is 6.77. The molecule has 5 rings (SSSR count). The number of H-pyrrole nitrogens is 1. The van der Waals surface area contributed by atoms with Crippen LogP contribution in [0.5, 0.6) is 0 Å². The Morgan fingerprint density at radius 2 is 2.03 bits per heavy atom. The van der Waals surface area contributed by atoms with Crippen LogP contribution < -0.4 is 5.56 Å². The van der Waals surface area contributed by atoms with E-state index < -0.39 is 0 Å². The highest BCUT2D eigenvalue weighted by Gasteiger charge is 2.27. The molecule has 0 radical (unpaired) electrons. The van der Waals surface area contributed by atoms with Crippen molar-refractivity contribution in [2.45, 2.75) is 64.9 Å². The predicted octanol–water partition coefficient (Wildman–Crippen LogP) is 4.16. The Morgan fingerprint density at radius 3 is 2.80 bits per heavy atom. The number of aryl methyl sites for hydroxylation is 1. The summed E-state index contributed by atoms with van der Waals surface area (Å²) in [7, 11) is 0. The van der Waals surface area contributed by atoms with Gasteiger partial charge in [-0.25, -0.2) is 4.68 Å². The number of aromatic amines is 1. The second kappa shape index (κ2) is 10.5. The second-order valence-corrected chi connectivity index (χ2v) is 9.38. The number of nitrogens with one attached hydrogen (secondary N) is 1. The number of pyridine rings is 1. The number of hydrogen-bond acceptors (Lipinski definition) is 6. The lowest BCUT2D eigenvalue weighted by atomic mass is 10.1. The van der Waals surface area contributed by atoms with E-state index in [1.165, 1.54) is 5.56 Å². The van der Waals surface area contributed by atoms with E-state index in [4.69, 9.17) is 4.74 Å². The van der Waals surface area contributed by atoms with Crippen molar-refractivity contribution in [3.05, 3.63) is 87.5 Å². The molecule has 2 aromatic carbocycles. The second-order valence-electron chi connectivity index (χ2n) is 9.38. The van der Waals surface area contributed by atoms with Crippen LogP contribution in [-0.4, -0.2) is 42.8 Å². The minimum Gasteiger partial charge on any atom is -0.376 e. The van der Waals surface area contributed by atoms with Gasteiger partial charge in [0.25, 0.3) is 5.56 Å². The van der Waals surface area contributed by atoms with Gasteiger partial charge in [-0.1, -0.05) is 49.4 Å². The first-order valence-corrected chi connectivity index (χ1v) is 12.4. The number of tetrazole rings is 1. The van der Waals surface area contributed by atoms with E-state index >= 15 is 0 Å². The number of hydrogen-bond donors (Lipinski definition) is 1. The Bertz CT molecular complexity index is 1330. The van der Waals surface area contributed by atoms with Gasteiger partial charge in [-0.15, -0.1) is 5.10 Å². The monoisotopic (exact) mass is 472 g/mol. The number of nitrogens with zero attached hydrogens (tertiary/aromatic N) is 5. The molecule has 0 aliphatic carbocycles. The zero-order chi connectivity index (χ0) is 24.2. The number of rotatable bonds is 9. The van der Waals surface area contributed by atoms with Crippen molar-refractivity contribution in [1.82, 2.24) is 30.1 Å². The van der Waals surface area contributed by atoms with E-state index in [9.17, 15) is 4.79 Å². The smallest absolute Gasteiger partial charge is 0.252 e. The van der Waals surface area contributed by atoms with Gasteiger partial charge in [-0.05, 0) is 65.3 Å². The summed E-state index contributed by atoms with van der Waals surface area (Å²) >= 11 is 0. The Morgan fingerprint density at radius 1 is 1.17 bits per heavy atom. The highest BCUT2D eigenvalue weighted by molar-refractivity contribution is 5.79. The van der Waals surface area contributed by atoms with Crippen molar-refractivity contribution >= 4 is 10.9 Å². The highest BCUT2D eigenvalue weighted by Crippen LogP contribution is 2.27. The Balaban J connectivity index is 1.49. The zero-order valence-corrected chi connectivity index (χ0v) is 20.4. The van der Waals surface area contributed by atoms with Crippen LogP contribution in [0.25, 0.3) is 10.9 Å². The molecule has 3 heterocycles. The quantitative estimate of drug-likeness (QED) is 0.394. The molecule has 4 aromatic rings. The Labute approximate surface area is 204 Å². The Hall–Kier alpha value is -3.36. The highest BCUT2D eigenvalue weighted by atomic mass is 16.5. The Kier molecular flexibility index (Phi) is 7.01. The molecular formula is C27H32N6O2. The van der Waals surface area contributed by atoms with Crippen LogP contribution in [0.15, 0.2) is 59.4 Å². The minimum atomic E-state index is -0.0602. The molecule has 2 atom stereocenters. The van der Waals surface area contributed by atoms with Gasteiger partial charge in [-0.2, -0.15) is 0 Å². The average molecular weight is 473 g/mol. The number of benzene rings is 2. The summed E-state index contributed by atoms with van der Waals surface area (Å²) < 4.78 is 7.72. The van der Waals surface area contributed by atoms with E-state index in [1.807, 2.05) is 41.9 Å². The summed E-state index contributed by atoms with van der Waals surface area (Å²) in [6, 6.07) is 18.4. The molecule has 2 aromatic heterocycles. The van der Waals surface area contributed by atoms with Crippen LogP contribution in [0, 0.1) is 6.92 Å². The standard InChI is InChI=1S/C27H32N6O2/c1-3-25(26-29-30-31-33(26)18-23-10-7-13-35-23)32(16-20-8-5-4-6-9-20)17-22-15-21-12-11-19(2)14-24(21)28-27(22)34/h4-6,8-9,11-12,14-15,23,25H,3,7,10,13,16-18H2,1-2H3,(H,28,34)/t23-,25-/m0/s1. The van der Waals surface area contributed by atoms with Crippen molar-refractivity contribution < 1.29 is 4.74 Å². The lowest BCUT2D eigenvalue weighted by Crippen LogP contribution is -2.33. The van der Waals surface area contributed by atoms with Gasteiger partial charge in [0, 0.05) is 30.8 Å². The average Bonchev–Trinajstić information content (AvgIpc) is 3.54. The molecule has 0 saturated carbocycles. The third kappa shape index (κ3) is 5.33. The van der Waals surface area contributed by atoms with Gasteiger partial charge in [-0.3, -0.25) is 9.69 Å². The summed E-state index contributed by atoms with van der Waals surface area (Å²) in [4.78, 5) is 18.5. The maximum Gasteiger partial charge on any atom is 0.252 e. The van der Waals surface area contributed by atoms with Gasteiger partial charge in [0.15, 0.2) is 5.82 Å². The molecular weight excluding hydrogens is 440 g/mol. The third-order valence-electron chi connectivity index (χ3n) is 6.77. The fourth-order valence-corrected chi connectivity index (χ4v) is 4.96. The predicted molar refractivity (Wildman–Crippen MR) is 135 cm³/mol. The number of ether oxygens (including phenoxy) is 1. The van der Waals surface area contributed by atoms with E-state index in [-0.39, 0.29) is 17.7 Å². The van der Waals surface area contributed by atoms with Crippen LogP contribution in [0.3, 0.4) is 0 Å². The normalized spacial score (nSPS) is 16.8. The van der Waals surface area contributed by atoms with Crippen molar-refractivity contribution in [3.63, 3.8) is 0 Å². The number of fused-ring (bicyclic) bond motifs is 1. The van der Waals surface area contributed by atoms with Crippen molar-refractivity contribution in [2.75, 3.05) is 6.61 Å². The SMILES string of the molecule is CC[C@@H](c1nnnn1C[C@@H]1CCCO1)N(Cc1ccccc1)Cc1cc2ccc(C)cc2[nH]c1=O. The van der Waals surface area contributed by atoms with Gasteiger partial charge < -0.3 is 9.72 Å². The van der Waals surface area contributed by atoms with E-state index in [0.29, 0.717) is 19.6 Å². The summed E-state index contributed by atoms with van der Waals surface area (Å²) in [5, 5.41) is 13.8. The first kappa shape index (κ1) is 23.4.